The first kappa shape index (κ1) is 13.0. The number of rotatable bonds is 6. The lowest BCUT2D eigenvalue weighted by Gasteiger charge is -2.14. The van der Waals surface area contributed by atoms with Gasteiger partial charge < -0.3 is 9.84 Å². The first-order valence-corrected chi connectivity index (χ1v) is 6.08. The Morgan fingerprint density at radius 1 is 1.31 bits per heavy atom. The minimum atomic E-state index is -0.365. The third-order valence-electron chi connectivity index (χ3n) is 2.45. The smallest absolute Gasteiger partial charge is 0.120 e. The third kappa shape index (κ3) is 4.23. The Labute approximate surface area is 98.3 Å². The highest BCUT2D eigenvalue weighted by molar-refractivity contribution is 5.30. The van der Waals surface area contributed by atoms with Crippen molar-refractivity contribution in [1.82, 2.24) is 0 Å². The molecule has 0 radical (unpaired) electrons. The molecule has 2 heteroatoms. The Morgan fingerprint density at radius 3 is 2.69 bits per heavy atom. The third-order valence-corrected chi connectivity index (χ3v) is 2.45. The van der Waals surface area contributed by atoms with E-state index in [4.69, 9.17) is 4.74 Å². The Morgan fingerprint density at radius 2 is 2.06 bits per heavy atom. The first-order chi connectivity index (χ1) is 7.63. The molecule has 0 heterocycles. The van der Waals surface area contributed by atoms with Crippen LogP contribution in [0.25, 0.3) is 0 Å². The Bertz CT molecular complexity index is 307. The molecule has 1 aromatic rings. The maximum absolute atomic E-state index is 9.95. The van der Waals surface area contributed by atoms with Crippen molar-refractivity contribution in [2.24, 2.45) is 0 Å². The van der Waals surface area contributed by atoms with E-state index < -0.39 is 0 Å². The van der Waals surface area contributed by atoms with Crippen LogP contribution in [0.1, 0.15) is 51.7 Å². The van der Waals surface area contributed by atoms with E-state index in [9.17, 15) is 5.11 Å². The molecule has 0 amide bonds. The second-order valence-electron chi connectivity index (χ2n) is 4.40. The van der Waals surface area contributed by atoms with Crippen LogP contribution in [0.3, 0.4) is 0 Å². The predicted molar refractivity (Wildman–Crippen MR) is 66.7 cm³/mol. The molecule has 0 aromatic heterocycles. The average molecular weight is 222 g/mol. The van der Waals surface area contributed by atoms with E-state index in [1.165, 1.54) is 0 Å². The number of ether oxygens (including phenoxy) is 1. The van der Waals surface area contributed by atoms with Gasteiger partial charge in [-0.3, -0.25) is 0 Å². The van der Waals surface area contributed by atoms with Gasteiger partial charge in [0.2, 0.25) is 0 Å². The summed E-state index contributed by atoms with van der Waals surface area (Å²) in [7, 11) is 0. The van der Waals surface area contributed by atoms with Gasteiger partial charge in [0.25, 0.3) is 0 Å². The van der Waals surface area contributed by atoms with Gasteiger partial charge in [0.05, 0.1) is 12.2 Å². The van der Waals surface area contributed by atoms with Crippen LogP contribution >= 0.6 is 0 Å². The van der Waals surface area contributed by atoms with E-state index in [1.807, 2.05) is 38.1 Å². The lowest BCUT2D eigenvalue weighted by molar-refractivity contribution is 0.163. The molecule has 2 nitrogen and oxygen atoms in total. The van der Waals surface area contributed by atoms with Crippen molar-refractivity contribution in [2.75, 3.05) is 0 Å². The Kier molecular flexibility index (Phi) is 5.33. The van der Waals surface area contributed by atoms with Crippen LogP contribution < -0.4 is 4.74 Å². The van der Waals surface area contributed by atoms with Crippen molar-refractivity contribution in [3.63, 3.8) is 0 Å². The van der Waals surface area contributed by atoms with Gasteiger partial charge in [0.1, 0.15) is 5.75 Å². The average Bonchev–Trinajstić information content (AvgIpc) is 2.25. The minimum Gasteiger partial charge on any atom is -0.491 e. The summed E-state index contributed by atoms with van der Waals surface area (Å²) in [6, 6.07) is 7.74. The number of hydrogen-bond acceptors (Lipinski definition) is 2. The molecule has 0 spiro atoms. The fourth-order valence-electron chi connectivity index (χ4n) is 1.63. The number of unbranched alkanes of at least 4 members (excludes halogenated alkanes) is 1. The lowest BCUT2D eigenvalue weighted by atomic mass is 10.0. The molecule has 1 unspecified atom stereocenters. The normalized spacial score (nSPS) is 12.8. The van der Waals surface area contributed by atoms with Crippen LogP contribution in [0.4, 0.5) is 0 Å². The Hall–Kier alpha value is -1.02. The standard InChI is InChI=1S/C14H22O2/c1-4-5-9-14(15)12-7-6-8-13(10-12)16-11(2)3/h6-8,10-11,14-15H,4-5,9H2,1-3H3. The molecule has 0 bridgehead atoms. The lowest BCUT2D eigenvalue weighted by Crippen LogP contribution is -2.06. The van der Waals surface area contributed by atoms with Crippen LogP contribution in [0.2, 0.25) is 0 Å². The van der Waals surface area contributed by atoms with Crippen molar-refractivity contribution in [3.8, 4) is 5.75 Å². The van der Waals surface area contributed by atoms with Gasteiger partial charge in [-0.2, -0.15) is 0 Å². The van der Waals surface area contributed by atoms with Crippen LogP contribution in [0.5, 0.6) is 5.75 Å². The summed E-state index contributed by atoms with van der Waals surface area (Å²) in [5, 5.41) is 9.95. The molecule has 1 aromatic carbocycles. The highest BCUT2D eigenvalue weighted by Crippen LogP contribution is 2.23. The monoisotopic (exact) mass is 222 g/mol. The van der Waals surface area contributed by atoms with Crippen molar-refractivity contribution < 1.29 is 9.84 Å². The van der Waals surface area contributed by atoms with Gasteiger partial charge in [-0.15, -0.1) is 0 Å². The van der Waals surface area contributed by atoms with Crippen LogP contribution in [0, 0.1) is 0 Å². The fourth-order valence-corrected chi connectivity index (χ4v) is 1.63. The van der Waals surface area contributed by atoms with E-state index >= 15 is 0 Å². The van der Waals surface area contributed by atoms with Gasteiger partial charge in [-0.25, -0.2) is 0 Å². The molecule has 0 fully saturated rings. The highest BCUT2D eigenvalue weighted by atomic mass is 16.5. The number of benzene rings is 1. The summed E-state index contributed by atoms with van der Waals surface area (Å²) in [6.45, 7) is 6.13. The summed E-state index contributed by atoms with van der Waals surface area (Å²) in [4.78, 5) is 0. The molecule has 0 aliphatic carbocycles. The molecule has 1 atom stereocenters. The molecule has 0 saturated heterocycles. The van der Waals surface area contributed by atoms with E-state index in [0.29, 0.717) is 0 Å². The molecule has 16 heavy (non-hydrogen) atoms. The Balaban J connectivity index is 2.65. The number of aliphatic hydroxyl groups is 1. The van der Waals surface area contributed by atoms with E-state index in [0.717, 1.165) is 30.6 Å². The summed E-state index contributed by atoms with van der Waals surface area (Å²) in [5.74, 6) is 0.836. The maximum atomic E-state index is 9.95. The minimum absolute atomic E-state index is 0.169. The van der Waals surface area contributed by atoms with Gasteiger partial charge in [0, 0.05) is 0 Å². The van der Waals surface area contributed by atoms with Gasteiger partial charge in [-0.05, 0) is 38.0 Å². The van der Waals surface area contributed by atoms with Crippen LogP contribution in [0.15, 0.2) is 24.3 Å². The fraction of sp³-hybridized carbons (Fsp3) is 0.571. The zero-order valence-electron chi connectivity index (χ0n) is 10.4. The highest BCUT2D eigenvalue weighted by Gasteiger charge is 2.08. The zero-order valence-corrected chi connectivity index (χ0v) is 10.4. The summed E-state index contributed by atoms with van der Waals surface area (Å²) in [6.07, 6.45) is 2.79. The van der Waals surface area contributed by atoms with Gasteiger partial charge in [0.15, 0.2) is 0 Å². The van der Waals surface area contributed by atoms with Gasteiger partial charge in [-0.1, -0.05) is 31.9 Å². The van der Waals surface area contributed by atoms with Crippen molar-refractivity contribution in [1.29, 1.82) is 0 Å². The second kappa shape index (κ2) is 6.54. The molecule has 1 rings (SSSR count). The molecule has 0 saturated carbocycles. The number of hydrogen-bond donors (Lipinski definition) is 1. The van der Waals surface area contributed by atoms with Crippen molar-refractivity contribution in [3.05, 3.63) is 29.8 Å². The van der Waals surface area contributed by atoms with E-state index in [-0.39, 0.29) is 12.2 Å². The molecular formula is C14H22O2. The quantitative estimate of drug-likeness (QED) is 0.795. The van der Waals surface area contributed by atoms with Crippen molar-refractivity contribution in [2.45, 2.75) is 52.2 Å². The molecule has 90 valence electrons. The summed E-state index contributed by atoms with van der Waals surface area (Å²) >= 11 is 0. The SMILES string of the molecule is CCCCC(O)c1cccc(OC(C)C)c1. The maximum Gasteiger partial charge on any atom is 0.120 e. The molecular weight excluding hydrogens is 200 g/mol. The van der Waals surface area contributed by atoms with Gasteiger partial charge >= 0.3 is 0 Å². The predicted octanol–water partition coefficient (Wildman–Crippen LogP) is 3.70. The van der Waals surface area contributed by atoms with Crippen LogP contribution in [-0.2, 0) is 0 Å². The summed E-state index contributed by atoms with van der Waals surface area (Å²) in [5.41, 5.74) is 0.951. The molecule has 0 aliphatic heterocycles. The van der Waals surface area contributed by atoms with Crippen LogP contribution in [-0.4, -0.2) is 11.2 Å². The molecule has 1 N–H and O–H groups in total. The number of aliphatic hydroxyl groups excluding tert-OH is 1. The topological polar surface area (TPSA) is 29.5 Å². The summed E-state index contributed by atoms with van der Waals surface area (Å²) < 4.78 is 5.60. The zero-order chi connectivity index (χ0) is 12.0. The largest absolute Gasteiger partial charge is 0.491 e. The van der Waals surface area contributed by atoms with E-state index in [2.05, 4.69) is 6.92 Å². The first-order valence-electron chi connectivity index (χ1n) is 6.08. The van der Waals surface area contributed by atoms with Crippen molar-refractivity contribution >= 4 is 0 Å². The second-order valence-corrected chi connectivity index (χ2v) is 4.40. The molecule has 0 aliphatic rings. The van der Waals surface area contributed by atoms with E-state index in [1.54, 1.807) is 0 Å².